The average molecular weight is 472 g/mol. The number of amides is 2. The molecule has 33 heavy (non-hydrogen) atoms. The molecule has 1 heterocycles. The lowest BCUT2D eigenvalue weighted by atomic mass is 9.94. The number of carbonyl (C=O) groups is 2. The van der Waals surface area contributed by atoms with E-state index in [1.54, 1.807) is 31.2 Å². The van der Waals surface area contributed by atoms with Crippen molar-refractivity contribution in [2.75, 3.05) is 24.5 Å². The zero-order valence-corrected chi connectivity index (χ0v) is 20.6. The van der Waals surface area contributed by atoms with Crippen LogP contribution >= 0.6 is 0 Å². The summed E-state index contributed by atoms with van der Waals surface area (Å²) in [6.07, 6.45) is 1.56. The summed E-state index contributed by atoms with van der Waals surface area (Å²) in [5.41, 5.74) is 0.223. The molecule has 1 fully saturated rings. The molecule has 2 amide bonds. The van der Waals surface area contributed by atoms with E-state index < -0.39 is 21.5 Å². The first-order valence-electron chi connectivity index (χ1n) is 11.3. The Kier molecular flexibility index (Phi) is 7.59. The van der Waals surface area contributed by atoms with Gasteiger partial charge in [0, 0.05) is 18.8 Å². The zero-order chi connectivity index (χ0) is 24.2. The molecule has 0 saturated carbocycles. The molecule has 1 aliphatic rings. The van der Waals surface area contributed by atoms with Crippen molar-refractivity contribution in [3.8, 4) is 0 Å². The number of sulfonamides is 1. The van der Waals surface area contributed by atoms with E-state index >= 15 is 0 Å². The fraction of sp³-hybridized carbons (Fsp3) is 0.440. The lowest BCUT2D eigenvalue weighted by molar-refractivity contribution is -0.132. The molecule has 8 heteroatoms. The molecule has 2 aromatic carbocycles. The Hall–Kier alpha value is -2.71. The van der Waals surface area contributed by atoms with E-state index in [1.165, 1.54) is 17.0 Å². The molecule has 1 atom stereocenters. The Morgan fingerprint density at radius 2 is 1.82 bits per heavy atom. The summed E-state index contributed by atoms with van der Waals surface area (Å²) in [5.74, 6) is -0.403. The van der Waals surface area contributed by atoms with Gasteiger partial charge in [-0.05, 0) is 55.5 Å². The first-order valence-corrected chi connectivity index (χ1v) is 12.8. The van der Waals surface area contributed by atoms with Crippen LogP contribution in [0.1, 0.15) is 39.7 Å². The van der Waals surface area contributed by atoms with Gasteiger partial charge in [-0.25, -0.2) is 8.42 Å². The highest BCUT2D eigenvalue weighted by Gasteiger charge is 2.51. The minimum atomic E-state index is -3.95. The SMILES string of the molecule is CCc1cccc(N2C(=O)CN(S(=O)(=O)c3ccccc3)C[C@@]2(C)C(=O)NCCC(C)C)c1. The molecule has 1 aliphatic heterocycles. The molecule has 3 rings (SSSR count). The van der Waals surface area contributed by atoms with E-state index in [4.69, 9.17) is 0 Å². The third kappa shape index (κ3) is 5.28. The topological polar surface area (TPSA) is 86.8 Å². The van der Waals surface area contributed by atoms with E-state index in [-0.39, 0.29) is 23.9 Å². The second-order valence-electron chi connectivity index (χ2n) is 9.05. The number of aryl methyl sites for hydroxylation is 1. The highest BCUT2D eigenvalue weighted by Crippen LogP contribution is 2.32. The van der Waals surface area contributed by atoms with Crippen molar-refractivity contribution in [3.63, 3.8) is 0 Å². The van der Waals surface area contributed by atoms with Crippen LogP contribution in [0, 0.1) is 5.92 Å². The third-order valence-corrected chi connectivity index (χ3v) is 7.80. The molecule has 2 aromatic rings. The minimum absolute atomic E-state index is 0.0989. The number of anilines is 1. The molecular weight excluding hydrogens is 438 g/mol. The molecule has 1 N–H and O–H groups in total. The Morgan fingerprint density at radius 1 is 1.12 bits per heavy atom. The van der Waals surface area contributed by atoms with Crippen molar-refractivity contribution >= 4 is 27.5 Å². The molecule has 0 aliphatic carbocycles. The van der Waals surface area contributed by atoms with Crippen LogP contribution in [0.2, 0.25) is 0 Å². The molecule has 0 unspecified atom stereocenters. The Balaban J connectivity index is 2.02. The number of hydrogen-bond donors (Lipinski definition) is 1. The van der Waals surface area contributed by atoms with Gasteiger partial charge < -0.3 is 5.32 Å². The summed E-state index contributed by atoms with van der Waals surface area (Å²) in [6.45, 7) is 7.77. The number of benzene rings is 2. The number of piperazine rings is 1. The average Bonchev–Trinajstić information content (AvgIpc) is 2.79. The van der Waals surface area contributed by atoms with Gasteiger partial charge in [-0.1, -0.05) is 51.1 Å². The lowest BCUT2D eigenvalue weighted by Crippen LogP contribution is -2.70. The summed E-state index contributed by atoms with van der Waals surface area (Å²) >= 11 is 0. The molecule has 0 radical (unpaired) electrons. The van der Waals surface area contributed by atoms with E-state index in [1.807, 2.05) is 25.1 Å². The number of nitrogens with zero attached hydrogens (tertiary/aromatic N) is 2. The van der Waals surface area contributed by atoms with Crippen molar-refractivity contribution < 1.29 is 18.0 Å². The van der Waals surface area contributed by atoms with Crippen LogP contribution in [-0.2, 0) is 26.0 Å². The van der Waals surface area contributed by atoms with Gasteiger partial charge in [0.05, 0.1) is 11.4 Å². The molecule has 178 valence electrons. The number of nitrogens with one attached hydrogen (secondary N) is 1. The van der Waals surface area contributed by atoms with Crippen molar-refractivity contribution in [2.45, 2.75) is 51.0 Å². The first-order chi connectivity index (χ1) is 15.6. The van der Waals surface area contributed by atoms with Crippen molar-refractivity contribution in [1.29, 1.82) is 0 Å². The zero-order valence-electron chi connectivity index (χ0n) is 19.7. The summed E-state index contributed by atoms with van der Waals surface area (Å²) in [4.78, 5) is 28.5. The second kappa shape index (κ2) is 10.1. The number of hydrogen-bond acceptors (Lipinski definition) is 4. The predicted octanol–water partition coefficient (Wildman–Crippen LogP) is 3.21. The van der Waals surface area contributed by atoms with E-state index in [0.717, 1.165) is 22.7 Å². The summed E-state index contributed by atoms with van der Waals surface area (Å²) in [6, 6.07) is 15.5. The van der Waals surface area contributed by atoms with Gasteiger partial charge in [-0.2, -0.15) is 4.31 Å². The summed E-state index contributed by atoms with van der Waals surface area (Å²) in [7, 11) is -3.95. The van der Waals surface area contributed by atoms with Gasteiger partial charge in [0.1, 0.15) is 5.54 Å². The highest BCUT2D eigenvalue weighted by molar-refractivity contribution is 7.89. The van der Waals surface area contributed by atoms with Gasteiger partial charge in [0.25, 0.3) is 0 Å². The third-order valence-electron chi connectivity index (χ3n) is 5.99. The molecular formula is C25H33N3O4S. The van der Waals surface area contributed by atoms with Crippen molar-refractivity contribution in [2.24, 2.45) is 5.92 Å². The van der Waals surface area contributed by atoms with Gasteiger partial charge in [-0.15, -0.1) is 0 Å². The fourth-order valence-corrected chi connectivity index (χ4v) is 5.56. The lowest BCUT2D eigenvalue weighted by Gasteiger charge is -2.46. The maximum absolute atomic E-state index is 13.5. The van der Waals surface area contributed by atoms with Crippen LogP contribution in [0.25, 0.3) is 0 Å². The van der Waals surface area contributed by atoms with Crippen LogP contribution in [0.4, 0.5) is 5.69 Å². The predicted molar refractivity (Wildman–Crippen MR) is 129 cm³/mol. The van der Waals surface area contributed by atoms with Crippen LogP contribution in [0.15, 0.2) is 59.5 Å². The number of rotatable bonds is 8. The van der Waals surface area contributed by atoms with Crippen LogP contribution < -0.4 is 10.2 Å². The van der Waals surface area contributed by atoms with E-state index in [0.29, 0.717) is 18.2 Å². The van der Waals surface area contributed by atoms with E-state index in [2.05, 4.69) is 19.2 Å². The number of carbonyl (C=O) groups excluding carboxylic acids is 2. The fourth-order valence-electron chi connectivity index (χ4n) is 4.06. The van der Waals surface area contributed by atoms with Crippen LogP contribution in [-0.4, -0.2) is 49.7 Å². The quantitative estimate of drug-likeness (QED) is 0.641. The molecule has 7 nitrogen and oxygen atoms in total. The van der Waals surface area contributed by atoms with Gasteiger partial charge >= 0.3 is 0 Å². The monoisotopic (exact) mass is 471 g/mol. The summed E-state index contributed by atoms with van der Waals surface area (Å²) in [5, 5.41) is 2.93. The molecule has 0 bridgehead atoms. The maximum Gasteiger partial charge on any atom is 0.247 e. The van der Waals surface area contributed by atoms with Crippen molar-refractivity contribution in [1.82, 2.24) is 9.62 Å². The van der Waals surface area contributed by atoms with Crippen molar-refractivity contribution in [3.05, 3.63) is 60.2 Å². The molecule has 0 spiro atoms. The Bertz CT molecular complexity index is 1100. The Labute approximate surface area is 196 Å². The second-order valence-corrected chi connectivity index (χ2v) is 11.0. The van der Waals surface area contributed by atoms with Crippen LogP contribution in [0.3, 0.4) is 0 Å². The normalized spacial score (nSPS) is 19.7. The smallest absolute Gasteiger partial charge is 0.247 e. The van der Waals surface area contributed by atoms with E-state index in [9.17, 15) is 18.0 Å². The first kappa shape index (κ1) is 24.9. The Morgan fingerprint density at radius 3 is 2.45 bits per heavy atom. The minimum Gasteiger partial charge on any atom is -0.354 e. The van der Waals surface area contributed by atoms with Gasteiger partial charge in [0.2, 0.25) is 21.8 Å². The largest absolute Gasteiger partial charge is 0.354 e. The van der Waals surface area contributed by atoms with Crippen LogP contribution in [0.5, 0.6) is 0 Å². The highest BCUT2D eigenvalue weighted by atomic mass is 32.2. The maximum atomic E-state index is 13.5. The van der Waals surface area contributed by atoms with Gasteiger partial charge in [-0.3, -0.25) is 14.5 Å². The molecule has 1 saturated heterocycles. The standard InChI is InChI=1S/C25H33N3O4S/c1-5-20-10-9-11-21(16-20)28-23(29)17-27(33(31,32)22-12-7-6-8-13-22)18-25(28,4)24(30)26-15-14-19(2)3/h6-13,16,19H,5,14-15,17-18H2,1-4H3,(H,26,30)/t25-/m0/s1. The summed E-state index contributed by atoms with van der Waals surface area (Å²) < 4.78 is 27.7. The van der Waals surface area contributed by atoms with Gasteiger partial charge in [0.15, 0.2) is 0 Å². The molecule has 0 aromatic heterocycles.